The first-order chi connectivity index (χ1) is 17.3. The standard InChI is InChI=1S/C29H31N5OS/c1-19-7-9-24(10-8-19)34-13-11-21(12-14-34)26-27(35)33(3)28(31)32-29(26,2)25-16-23(18-36-25)22-6-4-5-20(15-22)17-30/h4-10,15-16,18,21,26H,11-14H2,1-3H3,(H2,31,32)/t26-,29+/m0/s1. The molecule has 5 rings (SSSR count). The molecule has 1 saturated heterocycles. The van der Waals surface area contributed by atoms with Crippen molar-refractivity contribution in [1.82, 2.24) is 4.90 Å². The molecule has 0 saturated carbocycles. The van der Waals surface area contributed by atoms with Crippen LogP contribution in [0.3, 0.4) is 0 Å². The van der Waals surface area contributed by atoms with Gasteiger partial charge in [0.15, 0.2) is 5.96 Å². The molecule has 1 amide bonds. The number of hydrogen-bond donors (Lipinski definition) is 1. The molecule has 2 aliphatic heterocycles. The van der Waals surface area contributed by atoms with Crippen LogP contribution in [0.5, 0.6) is 0 Å². The fourth-order valence-corrected chi connectivity index (χ4v) is 6.65. The minimum atomic E-state index is -0.736. The lowest BCUT2D eigenvalue weighted by Gasteiger charge is -2.46. The van der Waals surface area contributed by atoms with Crippen molar-refractivity contribution in [1.29, 1.82) is 5.26 Å². The van der Waals surface area contributed by atoms with E-state index in [9.17, 15) is 10.1 Å². The van der Waals surface area contributed by atoms with Crippen molar-refractivity contribution in [3.8, 4) is 17.2 Å². The summed E-state index contributed by atoms with van der Waals surface area (Å²) in [6.45, 7) is 5.98. The topological polar surface area (TPSA) is 85.7 Å². The van der Waals surface area contributed by atoms with Gasteiger partial charge in [-0.1, -0.05) is 29.8 Å². The first-order valence-electron chi connectivity index (χ1n) is 12.3. The van der Waals surface area contributed by atoms with Crippen LogP contribution in [-0.2, 0) is 10.3 Å². The van der Waals surface area contributed by atoms with Gasteiger partial charge in [-0.2, -0.15) is 5.26 Å². The average Bonchev–Trinajstić information content (AvgIpc) is 3.40. The van der Waals surface area contributed by atoms with E-state index in [2.05, 4.69) is 60.5 Å². The van der Waals surface area contributed by atoms with Crippen molar-refractivity contribution in [2.24, 2.45) is 22.6 Å². The van der Waals surface area contributed by atoms with Gasteiger partial charge in [0.25, 0.3) is 0 Å². The van der Waals surface area contributed by atoms with E-state index in [-0.39, 0.29) is 23.7 Å². The highest BCUT2D eigenvalue weighted by Crippen LogP contribution is 2.47. The molecule has 0 aliphatic carbocycles. The third-order valence-electron chi connectivity index (χ3n) is 7.73. The number of anilines is 1. The average molecular weight is 498 g/mol. The number of nitrogens with two attached hydrogens (primary N) is 1. The van der Waals surface area contributed by atoms with Gasteiger partial charge in [0, 0.05) is 30.7 Å². The molecule has 184 valence electrons. The predicted octanol–water partition coefficient (Wildman–Crippen LogP) is 5.13. The van der Waals surface area contributed by atoms with Crippen molar-refractivity contribution in [2.75, 3.05) is 25.0 Å². The normalized spacial score (nSPS) is 22.9. The van der Waals surface area contributed by atoms with Crippen LogP contribution in [0.15, 0.2) is 65.0 Å². The summed E-state index contributed by atoms with van der Waals surface area (Å²) in [7, 11) is 1.72. The summed E-state index contributed by atoms with van der Waals surface area (Å²) in [6.07, 6.45) is 1.84. The quantitative estimate of drug-likeness (QED) is 0.541. The van der Waals surface area contributed by atoms with Crippen LogP contribution in [-0.4, -0.2) is 36.9 Å². The minimum Gasteiger partial charge on any atom is -0.372 e. The molecular weight excluding hydrogens is 466 g/mol. The summed E-state index contributed by atoms with van der Waals surface area (Å²) in [5, 5.41) is 11.4. The van der Waals surface area contributed by atoms with Crippen LogP contribution in [0.4, 0.5) is 5.69 Å². The Bertz CT molecular complexity index is 1350. The number of aliphatic imine (C=N–C) groups is 1. The molecular formula is C29H31N5OS. The second kappa shape index (κ2) is 9.44. The van der Waals surface area contributed by atoms with E-state index in [4.69, 9.17) is 10.7 Å². The number of thiophene rings is 1. The lowest BCUT2D eigenvalue weighted by atomic mass is 9.70. The van der Waals surface area contributed by atoms with E-state index in [1.165, 1.54) is 16.2 Å². The van der Waals surface area contributed by atoms with Crippen LogP contribution in [0.2, 0.25) is 0 Å². The Balaban J connectivity index is 1.45. The Morgan fingerprint density at radius 2 is 1.83 bits per heavy atom. The number of rotatable bonds is 4. The number of amides is 1. The summed E-state index contributed by atoms with van der Waals surface area (Å²) in [5.74, 6) is 0.223. The van der Waals surface area contributed by atoms with Crippen LogP contribution in [0, 0.1) is 30.1 Å². The summed E-state index contributed by atoms with van der Waals surface area (Å²) >= 11 is 1.61. The van der Waals surface area contributed by atoms with Crippen LogP contribution >= 0.6 is 11.3 Å². The van der Waals surface area contributed by atoms with E-state index in [1.807, 2.05) is 18.2 Å². The van der Waals surface area contributed by atoms with Crippen molar-refractivity contribution < 1.29 is 4.79 Å². The second-order valence-electron chi connectivity index (χ2n) is 10.0. The molecule has 0 spiro atoms. The summed E-state index contributed by atoms with van der Waals surface area (Å²) in [6, 6.07) is 20.6. The maximum absolute atomic E-state index is 13.7. The van der Waals surface area contributed by atoms with Gasteiger partial charge in [0.2, 0.25) is 5.91 Å². The van der Waals surface area contributed by atoms with E-state index in [0.29, 0.717) is 5.56 Å². The molecule has 0 bridgehead atoms. The highest BCUT2D eigenvalue weighted by Gasteiger charge is 2.51. The van der Waals surface area contributed by atoms with Crippen molar-refractivity contribution in [2.45, 2.75) is 32.2 Å². The van der Waals surface area contributed by atoms with Gasteiger partial charge >= 0.3 is 0 Å². The molecule has 36 heavy (non-hydrogen) atoms. The maximum Gasteiger partial charge on any atom is 0.235 e. The number of hydrogen-bond acceptors (Lipinski definition) is 6. The molecule has 6 nitrogen and oxygen atoms in total. The lowest BCUT2D eigenvalue weighted by molar-refractivity contribution is -0.136. The highest BCUT2D eigenvalue weighted by atomic mass is 32.1. The Kier molecular flexibility index (Phi) is 6.31. The SMILES string of the molecule is Cc1ccc(N2CCC([C@H]3C(=O)N(C)C(N)=N[C@]3(C)c3cc(-c4cccc(C#N)c4)cs3)CC2)cc1. The fraction of sp³-hybridized carbons (Fsp3) is 0.345. The lowest BCUT2D eigenvalue weighted by Crippen LogP contribution is -2.56. The second-order valence-corrected chi connectivity index (χ2v) is 11.0. The largest absolute Gasteiger partial charge is 0.372 e. The molecule has 2 aliphatic rings. The molecule has 0 radical (unpaired) electrons. The number of nitriles is 1. The van der Waals surface area contributed by atoms with Crippen molar-refractivity contribution in [3.05, 3.63) is 76.0 Å². The van der Waals surface area contributed by atoms with Gasteiger partial charge in [-0.25, -0.2) is 4.99 Å². The molecule has 1 aromatic heterocycles. The fourth-order valence-electron chi connectivity index (χ4n) is 5.58. The number of carbonyl (C=O) groups is 1. The van der Waals surface area contributed by atoms with E-state index in [0.717, 1.165) is 41.9 Å². The number of guanidine groups is 1. The van der Waals surface area contributed by atoms with E-state index in [1.54, 1.807) is 24.5 Å². The molecule has 1 fully saturated rings. The van der Waals surface area contributed by atoms with Crippen LogP contribution < -0.4 is 10.6 Å². The van der Waals surface area contributed by atoms with Gasteiger partial charge in [-0.3, -0.25) is 9.69 Å². The first-order valence-corrected chi connectivity index (χ1v) is 13.2. The van der Waals surface area contributed by atoms with Crippen molar-refractivity contribution >= 4 is 28.9 Å². The van der Waals surface area contributed by atoms with Gasteiger partial charge in [-0.15, -0.1) is 11.3 Å². The summed E-state index contributed by atoms with van der Waals surface area (Å²) in [5.41, 5.74) is 10.6. The first kappa shape index (κ1) is 24.1. The zero-order chi connectivity index (χ0) is 25.4. The molecule has 3 heterocycles. The minimum absolute atomic E-state index is 0.0419. The van der Waals surface area contributed by atoms with Gasteiger partial charge in [-0.05, 0) is 79.4 Å². The Labute approximate surface area is 216 Å². The zero-order valence-corrected chi connectivity index (χ0v) is 21.8. The highest BCUT2D eigenvalue weighted by molar-refractivity contribution is 7.10. The molecule has 2 N–H and O–H groups in total. The van der Waals surface area contributed by atoms with E-state index >= 15 is 0 Å². The molecule has 2 aromatic carbocycles. The number of carbonyl (C=O) groups excluding carboxylic acids is 1. The monoisotopic (exact) mass is 497 g/mol. The smallest absolute Gasteiger partial charge is 0.235 e. The summed E-state index contributed by atoms with van der Waals surface area (Å²) < 4.78 is 0. The third kappa shape index (κ3) is 4.27. The molecule has 0 unspecified atom stereocenters. The molecule has 7 heteroatoms. The Morgan fingerprint density at radius 3 is 2.53 bits per heavy atom. The van der Waals surface area contributed by atoms with E-state index < -0.39 is 5.54 Å². The summed E-state index contributed by atoms with van der Waals surface area (Å²) in [4.78, 5) is 23.6. The molecule has 2 atom stereocenters. The number of aryl methyl sites for hydroxylation is 1. The van der Waals surface area contributed by atoms with Crippen LogP contribution in [0.1, 0.15) is 35.8 Å². The Hall–Kier alpha value is -3.63. The zero-order valence-electron chi connectivity index (χ0n) is 20.9. The Morgan fingerprint density at radius 1 is 1.11 bits per heavy atom. The van der Waals surface area contributed by atoms with Gasteiger partial charge < -0.3 is 10.6 Å². The van der Waals surface area contributed by atoms with Crippen molar-refractivity contribution in [3.63, 3.8) is 0 Å². The maximum atomic E-state index is 13.7. The third-order valence-corrected chi connectivity index (χ3v) is 8.88. The molecule has 3 aromatic rings. The van der Waals surface area contributed by atoms with Gasteiger partial charge in [0.1, 0.15) is 5.54 Å². The predicted molar refractivity (Wildman–Crippen MR) is 146 cm³/mol. The van der Waals surface area contributed by atoms with Gasteiger partial charge in [0.05, 0.1) is 17.6 Å². The number of benzene rings is 2. The van der Waals surface area contributed by atoms with Crippen LogP contribution in [0.25, 0.3) is 11.1 Å². The number of nitrogens with zero attached hydrogens (tertiary/aromatic N) is 4. The number of piperidine rings is 1.